The molecule has 0 radical (unpaired) electrons. The predicted octanol–water partition coefficient (Wildman–Crippen LogP) is 3.11. The normalized spacial score (nSPS) is 15.5. The fourth-order valence-electron chi connectivity index (χ4n) is 3.51. The number of esters is 1. The molecule has 0 aliphatic carbocycles. The largest absolute Gasteiger partial charge is 0.465 e. The maximum atomic E-state index is 12.1. The van der Waals surface area contributed by atoms with Crippen LogP contribution in [0.15, 0.2) is 48.5 Å². The van der Waals surface area contributed by atoms with Gasteiger partial charge in [-0.25, -0.2) is 9.59 Å². The zero-order valence-electron chi connectivity index (χ0n) is 16.4. The highest BCUT2D eigenvalue weighted by molar-refractivity contribution is 5.89. The SMILES string of the molecule is COC(=O)c1ccc(CNC(=O)NCCN2c3ccccc3CC[C@H]2C)cc1. The van der Waals surface area contributed by atoms with Gasteiger partial charge in [0, 0.05) is 31.4 Å². The first-order valence-electron chi connectivity index (χ1n) is 9.62. The Balaban J connectivity index is 1.44. The molecular formula is C22H27N3O3. The van der Waals surface area contributed by atoms with Crippen molar-refractivity contribution >= 4 is 17.7 Å². The smallest absolute Gasteiger partial charge is 0.337 e. The van der Waals surface area contributed by atoms with Crippen molar-refractivity contribution in [3.8, 4) is 0 Å². The molecule has 1 aliphatic heterocycles. The molecule has 6 heteroatoms. The van der Waals surface area contributed by atoms with Crippen molar-refractivity contribution in [2.75, 3.05) is 25.1 Å². The second-order valence-corrected chi connectivity index (χ2v) is 7.01. The molecular weight excluding hydrogens is 354 g/mol. The van der Waals surface area contributed by atoms with E-state index in [9.17, 15) is 9.59 Å². The Bertz CT molecular complexity index is 820. The molecule has 28 heavy (non-hydrogen) atoms. The highest BCUT2D eigenvalue weighted by Crippen LogP contribution is 2.29. The minimum Gasteiger partial charge on any atom is -0.465 e. The number of nitrogens with zero attached hydrogens (tertiary/aromatic N) is 1. The number of hydrogen-bond donors (Lipinski definition) is 2. The zero-order chi connectivity index (χ0) is 19.9. The second kappa shape index (κ2) is 9.26. The zero-order valence-corrected chi connectivity index (χ0v) is 16.4. The number of aryl methyl sites for hydroxylation is 1. The van der Waals surface area contributed by atoms with Gasteiger partial charge in [0.1, 0.15) is 0 Å². The van der Waals surface area contributed by atoms with Gasteiger partial charge in [-0.3, -0.25) is 0 Å². The number of fused-ring (bicyclic) bond motifs is 1. The van der Waals surface area contributed by atoms with Crippen molar-refractivity contribution < 1.29 is 14.3 Å². The van der Waals surface area contributed by atoms with Gasteiger partial charge < -0.3 is 20.3 Å². The number of carbonyl (C=O) groups is 2. The molecule has 0 aromatic heterocycles. The molecule has 2 aromatic rings. The lowest BCUT2D eigenvalue weighted by atomic mass is 9.97. The molecule has 0 bridgehead atoms. The fourth-order valence-corrected chi connectivity index (χ4v) is 3.51. The van der Waals surface area contributed by atoms with E-state index >= 15 is 0 Å². The lowest BCUT2D eigenvalue weighted by molar-refractivity contribution is 0.0600. The van der Waals surface area contributed by atoms with Crippen LogP contribution in [0.3, 0.4) is 0 Å². The molecule has 2 N–H and O–H groups in total. The molecule has 1 atom stereocenters. The topological polar surface area (TPSA) is 70.7 Å². The average Bonchev–Trinajstić information content (AvgIpc) is 2.73. The average molecular weight is 381 g/mol. The van der Waals surface area contributed by atoms with Crippen LogP contribution in [0.5, 0.6) is 0 Å². The van der Waals surface area contributed by atoms with Gasteiger partial charge in [0.05, 0.1) is 12.7 Å². The number of ether oxygens (including phenoxy) is 1. The predicted molar refractivity (Wildman–Crippen MR) is 110 cm³/mol. The lowest BCUT2D eigenvalue weighted by Crippen LogP contribution is -2.44. The Morgan fingerprint density at radius 1 is 1.11 bits per heavy atom. The van der Waals surface area contributed by atoms with Gasteiger partial charge in [0.2, 0.25) is 0 Å². The minimum absolute atomic E-state index is 0.199. The summed E-state index contributed by atoms with van der Waals surface area (Å²) in [6.07, 6.45) is 2.24. The summed E-state index contributed by atoms with van der Waals surface area (Å²) in [6.45, 7) is 3.98. The maximum absolute atomic E-state index is 12.1. The van der Waals surface area contributed by atoms with E-state index in [1.54, 1.807) is 24.3 Å². The third-order valence-corrected chi connectivity index (χ3v) is 5.13. The molecule has 0 unspecified atom stereocenters. The summed E-state index contributed by atoms with van der Waals surface area (Å²) in [7, 11) is 1.35. The van der Waals surface area contributed by atoms with E-state index in [1.165, 1.54) is 18.4 Å². The van der Waals surface area contributed by atoms with Crippen LogP contribution >= 0.6 is 0 Å². The molecule has 3 rings (SSSR count). The Labute approximate surface area is 165 Å². The highest BCUT2D eigenvalue weighted by atomic mass is 16.5. The molecule has 0 saturated heterocycles. The number of anilines is 1. The van der Waals surface area contributed by atoms with Gasteiger partial charge in [0.15, 0.2) is 0 Å². The molecule has 6 nitrogen and oxygen atoms in total. The monoisotopic (exact) mass is 381 g/mol. The van der Waals surface area contributed by atoms with E-state index in [-0.39, 0.29) is 12.0 Å². The molecule has 148 valence electrons. The summed E-state index contributed by atoms with van der Waals surface area (Å²) < 4.78 is 4.68. The van der Waals surface area contributed by atoms with Gasteiger partial charge in [0.25, 0.3) is 0 Å². The molecule has 1 aliphatic rings. The first-order chi connectivity index (χ1) is 13.6. The summed E-state index contributed by atoms with van der Waals surface area (Å²) in [5, 5.41) is 5.77. The fraction of sp³-hybridized carbons (Fsp3) is 0.364. The second-order valence-electron chi connectivity index (χ2n) is 7.01. The number of carbonyl (C=O) groups excluding carboxylic acids is 2. The van der Waals surface area contributed by atoms with Gasteiger partial charge in [-0.15, -0.1) is 0 Å². The maximum Gasteiger partial charge on any atom is 0.337 e. The standard InChI is InChI=1S/C22H27N3O3/c1-16-7-10-18-5-3-4-6-20(18)25(16)14-13-23-22(27)24-15-17-8-11-19(12-9-17)21(26)28-2/h3-6,8-9,11-12,16H,7,10,13-15H2,1-2H3,(H2,23,24,27)/t16-/m1/s1. The van der Waals surface area contributed by atoms with Crippen molar-refractivity contribution in [3.63, 3.8) is 0 Å². The van der Waals surface area contributed by atoms with Crippen molar-refractivity contribution in [2.45, 2.75) is 32.4 Å². The number of benzene rings is 2. The Morgan fingerprint density at radius 2 is 1.86 bits per heavy atom. The third kappa shape index (κ3) is 4.82. The number of urea groups is 1. The summed E-state index contributed by atoms with van der Waals surface area (Å²) in [4.78, 5) is 25.9. The summed E-state index contributed by atoms with van der Waals surface area (Å²) in [5.74, 6) is -0.370. The van der Waals surface area contributed by atoms with Crippen molar-refractivity contribution in [1.82, 2.24) is 10.6 Å². The van der Waals surface area contributed by atoms with Crippen molar-refractivity contribution in [2.24, 2.45) is 0 Å². The van der Waals surface area contributed by atoms with Gasteiger partial charge in [-0.1, -0.05) is 30.3 Å². The summed E-state index contributed by atoms with van der Waals surface area (Å²) in [6, 6.07) is 15.7. The van der Waals surface area contributed by atoms with E-state index < -0.39 is 0 Å². The number of nitrogens with one attached hydrogen (secondary N) is 2. The molecule has 1 heterocycles. The van der Waals surface area contributed by atoms with Crippen LogP contribution in [0, 0.1) is 0 Å². The lowest BCUT2D eigenvalue weighted by Gasteiger charge is -2.37. The number of hydrogen-bond acceptors (Lipinski definition) is 4. The van der Waals surface area contributed by atoms with E-state index in [4.69, 9.17) is 0 Å². The number of para-hydroxylation sites is 1. The van der Waals surface area contributed by atoms with Gasteiger partial charge >= 0.3 is 12.0 Å². The number of methoxy groups -OCH3 is 1. The summed E-state index contributed by atoms with van der Waals surface area (Å²) in [5.41, 5.74) is 4.06. The molecule has 0 spiro atoms. The number of rotatable bonds is 6. The van der Waals surface area contributed by atoms with Gasteiger partial charge in [-0.2, -0.15) is 0 Å². The first-order valence-corrected chi connectivity index (χ1v) is 9.62. The number of amides is 2. The molecule has 0 saturated carbocycles. The van der Waals surface area contributed by atoms with Crippen molar-refractivity contribution in [1.29, 1.82) is 0 Å². The molecule has 2 aromatic carbocycles. The Hall–Kier alpha value is -3.02. The van der Waals surface area contributed by atoms with Crippen LogP contribution in [0.2, 0.25) is 0 Å². The van der Waals surface area contributed by atoms with E-state index in [1.807, 2.05) is 0 Å². The molecule has 2 amide bonds. The Morgan fingerprint density at radius 3 is 2.61 bits per heavy atom. The van der Waals surface area contributed by atoms with Crippen LogP contribution in [0.1, 0.15) is 34.8 Å². The third-order valence-electron chi connectivity index (χ3n) is 5.13. The van der Waals surface area contributed by atoms with E-state index in [0.717, 1.165) is 24.9 Å². The van der Waals surface area contributed by atoms with Crippen LogP contribution in [0.4, 0.5) is 10.5 Å². The van der Waals surface area contributed by atoms with Crippen LogP contribution in [0.25, 0.3) is 0 Å². The van der Waals surface area contributed by atoms with Gasteiger partial charge in [-0.05, 0) is 49.1 Å². The quantitative estimate of drug-likeness (QED) is 0.755. The van der Waals surface area contributed by atoms with E-state index in [0.29, 0.717) is 24.7 Å². The van der Waals surface area contributed by atoms with E-state index in [2.05, 4.69) is 51.5 Å². The Kier molecular flexibility index (Phi) is 6.53. The highest BCUT2D eigenvalue weighted by Gasteiger charge is 2.22. The van der Waals surface area contributed by atoms with Crippen LogP contribution < -0.4 is 15.5 Å². The van der Waals surface area contributed by atoms with Crippen LogP contribution in [-0.2, 0) is 17.7 Å². The minimum atomic E-state index is -0.370. The van der Waals surface area contributed by atoms with Crippen molar-refractivity contribution in [3.05, 3.63) is 65.2 Å². The molecule has 0 fully saturated rings. The van der Waals surface area contributed by atoms with Crippen LogP contribution in [-0.4, -0.2) is 38.2 Å². The summed E-state index contributed by atoms with van der Waals surface area (Å²) >= 11 is 0. The first kappa shape index (κ1) is 19.7.